The number of hydrogen-bond donors (Lipinski definition) is 0. The van der Waals surface area contributed by atoms with Crippen LogP contribution in [0.25, 0.3) is 0 Å². The largest absolute Gasteiger partial charge is 0 e. The maximum atomic E-state index is 2.38. The van der Waals surface area contributed by atoms with E-state index in [0.29, 0.717) is 0 Å². The molecule has 0 amide bonds. The maximum Gasteiger partial charge on any atom is 0 e. The molecule has 26 valence electrons. The molecule has 0 atom stereocenters. The van der Waals surface area contributed by atoms with Crippen molar-refractivity contribution in [3.05, 3.63) is 0 Å². The van der Waals surface area contributed by atoms with Crippen molar-refractivity contribution in [2.45, 2.75) is 13.4 Å². The summed E-state index contributed by atoms with van der Waals surface area (Å²) in [5.74, 6) is 0. The molecular weight excluding hydrogens is 266 g/mol. The van der Waals surface area contributed by atoms with E-state index in [1.807, 2.05) is 0 Å². The molecule has 0 aromatic heterocycles. The predicted molar refractivity (Wildman–Crippen MR) is 29.1 cm³/mol. The van der Waals surface area contributed by atoms with Gasteiger partial charge < -0.3 is 0 Å². The van der Waals surface area contributed by atoms with E-state index in [1.54, 1.807) is 0 Å². The van der Waals surface area contributed by atoms with Crippen molar-refractivity contribution in [2.75, 3.05) is 0 Å². The molecule has 5 heavy (non-hydrogen) atoms. The molecule has 0 heterocycles. The molecule has 0 saturated heterocycles. The SMILES string of the molecule is [CH3][Pb]([CH3])[CH3].[Na]. The fraction of sp³-hybridized carbons (Fsp3) is 1.00. The van der Waals surface area contributed by atoms with Crippen LogP contribution in [0, 0.1) is 0 Å². The Morgan fingerprint density at radius 1 is 1.00 bits per heavy atom. The molecule has 0 fully saturated rings. The summed E-state index contributed by atoms with van der Waals surface area (Å²) in [6.07, 6.45) is 0. The molecule has 0 rings (SSSR count). The third-order valence-electron chi connectivity index (χ3n) is 0. The summed E-state index contributed by atoms with van der Waals surface area (Å²) in [5, 5.41) is 0. The van der Waals surface area contributed by atoms with Gasteiger partial charge in [-0.3, -0.25) is 0 Å². The first kappa shape index (κ1) is 10.0. The Morgan fingerprint density at radius 2 is 1.00 bits per heavy atom. The van der Waals surface area contributed by atoms with Gasteiger partial charge >= 0.3 is 36.2 Å². The van der Waals surface area contributed by atoms with Gasteiger partial charge in [0.1, 0.15) is 0 Å². The molecule has 0 aromatic carbocycles. The minimum Gasteiger partial charge on any atom is 0 e. The third kappa shape index (κ3) is 24.7. The van der Waals surface area contributed by atoms with E-state index in [1.165, 1.54) is 0 Å². The van der Waals surface area contributed by atoms with Gasteiger partial charge in [0.05, 0.1) is 0 Å². The average Bonchev–Trinajstić information content (AvgIpc) is 0.811. The van der Waals surface area contributed by atoms with Crippen LogP contribution >= 0.6 is 0 Å². The van der Waals surface area contributed by atoms with Gasteiger partial charge in [-0.1, -0.05) is 0 Å². The van der Waals surface area contributed by atoms with E-state index in [4.69, 9.17) is 0 Å². The Balaban J connectivity index is 0. The van der Waals surface area contributed by atoms with Crippen LogP contribution in [-0.4, -0.2) is 52.3 Å². The molecule has 0 aliphatic rings. The molecule has 0 aromatic rings. The molecule has 0 unspecified atom stereocenters. The van der Waals surface area contributed by atoms with Gasteiger partial charge in [-0.2, -0.15) is 0 Å². The molecule has 2 heteroatoms. The van der Waals surface area contributed by atoms with E-state index in [9.17, 15) is 0 Å². The Morgan fingerprint density at radius 3 is 1.00 bits per heavy atom. The first-order chi connectivity index (χ1) is 1.73. The molecule has 2 radical (unpaired) electrons. The fourth-order valence-electron chi connectivity index (χ4n) is 0. The molecule has 0 nitrogen and oxygen atoms in total. The van der Waals surface area contributed by atoms with Gasteiger partial charge in [0, 0.05) is 29.6 Å². The van der Waals surface area contributed by atoms with Crippen molar-refractivity contribution in [3.63, 3.8) is 0 Å². The summed E-state index contributed by atoms with van der Waals surface area (Å²) in [4.78, 5) is 0. The van der Waals surface area contributed by atoms with E-state index in [-0.39, 0.29) is 29.6 Å². The predicted octanol–water partition coefficient (Wildman–Crippen LogP) is 0.990. The van der Waals surface area contributed by atoms with Gasteiger partial charge in [0.2, 0.25) is 0 Å². The van der Waals surface area contributed by atoms with Crippen LogP contribution in [0.5, 0.6) is 0 Å². The van der Waals surface area contributed by atoms with Gasteiger partial charge in [0.25, 0.3) is 0 Å². The number of rotatable bonds is 0. The molecule has 0 saturated carbocycles. The normalized spacial score (nSPS) is 7.20. The Labute approximate surface area is 64.8 Å². The first-order valence-corrected chi connectivity index (χ1v) is 13.2. The second-order valence-electron chi connectivity index (χ2n) is 1.50. The van der Waals surface area contributed by atoms with E-state index in [0.717, 1.165) is 0 Å². The van der Waals surface area contributed by atoms with Crippen LogP contribution in [0.1, 0.15) is 0 Å². The maximum absolute atomic E-state index is 2.38. The van der Waals surface area contributed by atoms with Crippen molar-refractivity contribution in [1.82, 2.24) is 0 Å². The van der Waals surface area contributed by atoms with E-state index >= 15 is 0 Å². The van der Waals surface area contributed by atoms with Crippen LogP contribution in [-0.2, 0) is 0 Å². The minimum atomic E-state index is -0.657. The molecule has 0 N–H and O–H groups in total. The van der Waals surface area contributed by atoms with Crippen molar-refractivity contribution in [3.8, 4) is 0 Å². The monoisotopic (exact) mass is 276 g/mol. The molecule has 0 aliphatic carbocycles. The molecule has 0 spiro atoms. The second-order valence-corrected chi connectivity index (χ2v) is 13.2. The zero-order chi connectivity index (χ0) is 3.58. The van der Waals surface area contributed by atoms with Gasteiger partial charge in [-0.25, -0.2) is 0 Å². The number of hydrogen-bond acceptors (Lipinski definition) is 0. The smallest absolute Gasteiger partial charge is 0 e. The zero-order valence-corrected chi connectivity index (χ0v) is 10.4. The summed E-state index contributed by atoms with van der Waals surface area (Å²) in [7, 11) is 0. The van der Waals surface area contributed by atoms with Gasteiger partial charge in [-0.05, 0) is 0 Å². The summed E-state index contributed by atoms with van der Waals surface area (Å²) in [6, 6.07) is 0. The van der Waals surface area contributed by atoms with Gasteiger partial charge in [0.15, 0.2) is 0 Å². The minimum absolute atomic E-state index is 0. The Kier molecular flexibility index (Phi) is 11.9. The quantitative estimate of drug-likeness (QED) is 0.578. The Bertz CT molecular complexity index is 11.6. The Hall–Kier alpha value is 1.92. The van der Waals surface area contributed by atoms with Crippen molar-refractivity contribution in [1.29, 1.82) is 0 Å². The van der Waals surface area contributed by atoms with Crippen molar-refractivity contribution in [2.24, 2.45) is 0 Å². The van der Waals surface area contributed by atoms with Crippen LogP contribution in [0.4, 0.5) is 0 Å². The van der Waals surface area contributed by atoms with E-state index < -0.39 is 22.7 Å². The van der Waals surface area contributed by atoms with Crippen LogP contribution in [0.3, 0.4) is 0 Å². The summed E-state index contributed by atoms with van der Waals surface area (Å²) in [5.41, 5.74) is 0. The van der Waals surface area contributed by atoms with Crippen LogP contribution in [0.2, 0.25) is 13.4 Å². The summed E-state index contributed by atoms with van der Waals surface area (Å²) < 4.78 is 7.14. The topological polar surface area (TPSA) is 0 Å². The molecule has 0 bridgehead atoms. The molecular formula is C3H9NaPb. The molecule has 0 aliphatic heterocycles. The standard InChI is InChI=1S/3CH3.Na.Pb/h3*1H3;;. The fourth-order valence-corrected chi connectivity index (χ4v) is 0. The van der Waals surface area contributed by atoms with Crippen molar-refractivity contribution < 1.29 is 0 Å². The summed E-state index contributed by atoms with van der Waals surface area (Å²) in [6.45, 7) is 0. The third-order valence-corrected chi connectivity index (χ3v) is 0. The zero-order valence-electron chi connectivity index (χ0n) is 4.50. The van der Waals surface area contributed by atoms with Crippen LogP contribution in [0.15, 0.2) is 0 Å². The second kappa shape index (κ2) is 5.92. The van der Waals surface area contributed by atoms with Gasteiger partial charge in [-0.15, -0.1) is 0 Å². The van der Waals surface area contributed by atoms with Crippen LogP contribution < -0.4 is 0 Å². The van der Waals surface area contributed by atoms with E-state index in [2.05, 4.69) is 13.4 Å². The summed E-state index contributed by atoms with van der Waals surface area (Å²) >= 11 is -0.657. The first-order valence-electron chi connectivity index (χ1n) is 1.50. The average molecular weight is 275 g/mol. The van der Waals surface area contributed by atoms with Crippen molar-refractivity contribution >= 4 is 52.3 Å².